The highest BCUT2D eigenvalue weighted by molar-refractivity contribution is 7.16. The molecule has 1 saturated heterocycles. The highest BCUT2D eigenvalue weighted by Crippen LogP contribution is 2.30. The monoisotopic (exact) mass is 408 g/mol. The predicted octanol–water partition coefficient (Wildman–Crippen LogP) is 4.51. The Morgan fingerprint density at radius 1 is 1.10 bits per heavy atom. The molecule has 6 nitrogen and oxygen atoms in total. The maximum Gasteiger partial charge on any atom is 0.253 e. The predicted molar refractivity (Wildman–Crippen MR) is 107 cm³/mol. The number of hydrogen-bond donors (Lipinski definition) is 0. The molecule has 0 aliphatic carbocycles. The van der Waals surface area contributed by atoms with Gasteiger partial charge in [-0.15, -0.1) is 21.5 Å². The maximum absolute atomic E-state index is 13.1. The van der Waals surface area contributed by atoms with Gasteiger partial charge in [0, 0.05) is 30.1 Å². The fourth-order valence-corrected chi connectivity index (χ4v) is 4.33. The Kier molecular flexibility index (Phi) is 4.55. The van der Waals surface area contributed by atoms with Crippen molar-refractivity contribution in [3.8, 4) is 11.5 Å². The van der Waals surface area contributed by atoms with Crippen molar-refractivity contribution in [2.75, 3.05) is 13.1 Å². The number of rotatable bonds is 3. The number of carbonyl (C=O) groups is 1. The van der Waals surface area contributed by atoms with Crippen LogP contribution in [0.1, 0.15) is 35.0 Å². The minimum Gasteiger partial charge on any atom is -0.420 e. The lowest BCUT2D eigenvalue weighted by Gasteiger charge is -2.30. The van der Waals surface area contributed by atoms with E-state index in [-0.39, 0.29) is 17.6 Å². The third kappa shape index (κ3) is 3.51. The number of halogens is 1. The van der Waals surface area contributed by atoms with Crippen molar-refractivity contribution in [1.82, 2.24) is 20.1 Å². The van der Waals surface area contributed by atoms with Crippen LogP contribution in [0.15, 0.2) is 52.4 Å². The Hall–Kier alpha value is -3.13. The zero-order chi connectivity index (χ0) is 19.8. The summed E-state index contributed by atoms with van der Waals surface area (Å²) in [6, 6.07) is 11.6. The molecule has 0 spiro atoms. The molecule has 1 aliphatic rings. The van der Waals surface area contributed by atoms with Crippen LogP contribution in [0.25, 0.3) is 21.7 Å². The van der Waals surface area contributed by atoms with E-state index in [9.17, 15) is 9.18 Å². The van der Waals surface area contributed by atoms with E-state index >= 15 is 0 Å². The zero-order valence-electron chi connectivity index (χ0n) is 15.4. The summed E-state index contributed by atoms with van der Waals surface area (Å²) >= 11 is 1.53. The summed E-state index contributed by atoms with van der Waals surface area (Å²) in [5.74, 6) is 0.805. The molecule has 0 unspecified atom stereocenters. The van der Waals surface area contributed by atoms with E-state index in [0.29, 0.717) is 36.0 Å². The molecule has 0 bridgehead atoms. The number of piperidine rings is 1. The van der Waals surface area contributed by atoms with Gasteiger partial charge in [0.15, 0.2) is 0 Å². The fraction of sp³-hybridized carbons (Fsp3) is 0.238. The molecule has 0 radical (unpaired) electrons. The van der Waals surface area contributed by atoms with Gasteiger partial charge >= 0.3 is 0 Å². The second kappa shape index (κ2) is 7.36. The molecule has 2 aromatic heterocycles. The summed E-state index contributed by atoms with van der Waals surface area (Å²) in [7, 11) is 0. The molecule has 0 saturated carbocycles. The Bertz CT molecular complexity index is 1160. The van der Waals surface area contributed by atoms with Gasteiger partial charge in [0.1, 0.15) is 5.82 Å². The van der Waals surface area contributed by atoms with Gasteiger partial charge < -0.3 is 9.32 Å². The fourth-order valence-electron chi connectivity index (χ4n) is 3.61. The van der Waals surface area contributed by atoms with Crippen molar-refractivity contribution >= 4 is 27.5 Å². The molecule has 29 heavy (non-hydrogen) atoms. The average Bonchev–Trinajstić information content (AvgIpc) is 3.43. The van der Waals surface area contributed by atoms with Gasteiger partial charge in [0.05, 0.1) is 15.7 Å². The summed E-state index contributed by atoms with van der Waals surface area (Å²) in [5, 5.41) is 8.27. The van der Waals surface area contributed by atoms with Gasteiger partial charge in [-0.1, -0.05) is 0 Å². The summed E-state index contributed by atoms with van der Waals surface area (Å²) in [5.41, 5.74) is 4.08. The van der Waals surface area contributed by atoms with Crippen molar-refractivity contribution < 1.29 is 13.6 Å². The largest absolute Gasteiger partial charge is 0.420 e. The van der Waals surface area contributed by atoms with Crippen LogP contribution in [-0.4, -0.2) is 39.1 Å². The first-order valence-electron chi connectivity index (χ1n) is 9.39. The quantitative estimate of drug-likeness (QED) is 0.499. The van der Waals surface area contributed by atoms with Crippen molar-refractivity contribution in [2.45, 2.75) is 18.8 Å². The van der Waals surface area contributed by atoms with Crippen LogP contribution in [0, 0.1) is 5.82 Å². The number of amides is 1. The van der Waals surface area contributed by atoms with Gasteiger partial charge in [-0.2, -0.15) is 0 Å². The maximum atomic E-state index is 13.1. The SMILES string of the molecule is O=C(c1ccc2ncsc2c1)N1CCC(c2nnc(-c3ccc(F)cc3)o2)CC1. The minimum atomic E-state index is -0.306. The zero-order valence-corrected chi connectivity index (χ0v) is 16.2. The van der Waals surface area contributed by atoms with Gasteiger partial charge in [0.25, 0.3) is 5.91 Å². The number of carbonyl (C=O) groups excluding carboxylic acids is 1. The summed E-state index contributed by atoms with van der Waals surface area (Å²) < 4.78 is 19.9. The third-order valence-corrected chi connectivity index (χ3v) is 6.03. The topological polar surface area (TPSA) is 72.1 Å². The number of fused-ring (bicyclic) bond motifs is 1. The smallest absolute Gasteiger partial charge is 0.253 e. The molecule has 1 fully saturated rings. The molecular formula is C21H17FN4O2S. The van der Waals surface area contributed by atoms with E-state index in [1.54, 1.807) is 17.6 Å². The summed E-state index contributed by atoms with van der Waals surface area (Å²) in [6.45, 7) is 1.27. The molecule has 3 heterocycles. The lowest BCUT2D eigenvalue weighted by atomic mass is 9.96. The molecule has 0 atom stereocenters. The molecule has 2 aromatic carbocycles. The van der Waals surface area contributed by atoms with Gasteiger partial charge in [-0.05, 0) is 55.3 Å². The minimum absolute atomic E-state index is 0.0382. The first kappa shape index (κ1) is 17.9. The molecule has 4 aromatic rings. The molecular weight excluding hydrogens is 391 g/mol. The second-order valence-corrected chi connectivity index (χ2v) is 7.94. The molecule has 1 amide bonds. The summed E-state index contributed by atoms with van der Waals surface area (Å²) in [4.78, 5) is 19.0. The Morgan fingerprint density at radius 3 is 2.69 bits per heavy atom. The van der Waals surface area contributed by atoms with Crippen LogP contribution < -0.4 is 0 Å². The van der Waals surface area contributed by atoms with Crippen molar-refractivity contribution in [2.24, 2.45) is 0 Å². The number of benzene rings is 2. The highest BCUT2D eigenvalue weighted by atomic mass is 32.1. The molecule has 5 rings (SSSR count). The van der Waals surface area contributed by atoms with Crippen LogP contribution >= 0.6 is 11.3 Å². The normalized spacial score (nSPS) is 15.1. The number of thiazole rings is 1. The third-order valence-electron chi connectivity index (χ3n) is 5.24. The van der Waals surface area contributed by atoms with Crippen molar-refractivity contribution in [1.29, 1.82) is 0 Å². The molecule has 0 N–H and O–H groups in total. The first-order valence-corrected chi connectivity index (χ1v) is 10.3. The average molecular weight is 408 g/mol. The number of likely N-dealkylation sites (tertiary alicyclic amines) is 1. The van der Waals surface area contributed by atoms with Crippen LogP contribution in [0.2, 0.25) is 0 Å². The second-order valence-electron chi connectivity index (χ2n) is 7.05. The lowest BCUT2D eigenvalue weighted by Crippen LogP contribution is -2.38. The van der Waals surface area contributed by atoms with Crippen molar-refractivity contribution in [3.63, 3.8) is 0 Å². The van der Waals surface area contributed by atoms with Crippen molar-refractivity contribution in [3.05, 3.63) is 65.2 Å². The van der Waals surface area contributed by atoms with E-state index in [4.69, 9.17) is 4.42 Å². The van der Waals surface area contributed by atoms with Gasteiger partial charge in [-0.3, -0.25) is 4.79 Å². The Morgan fingerprint density at radius 2 is 1.90 bits per heavy atom. The number of hydrogen-bond acceptors (Lipinski definition) is 6. The molecule has 8 heteroatoms. The standard InChI is InChI=1S/C21H17FN4O2S/c22-16-4-1-13(2-5-16)19-24-25-20(28-19)14-7-9-26(10-8-14)21(27)15-3-6-17-18(11-15)29-12-23-17/h1-6,11-12,14H,7-10H2. The number of nitrogens with zero attached hydrogens (tertiary/aromatic N) is 4. The highest BCUT2D eigenvalue weighted by Gasteiger charge is 2.28. The molecule has 1 aliphatic heterocycles. The van der Waals surface area contributed by atoms with E-state index < -0.39 is 0 Å². The van der Waals surface area contributed by atoms with Gasteiger partial charge in [-0.25, -0.2) is 9.37 Å². The van der Waals surface area contributed by atoms with E-state index in [2.05, 4.69) is 15.2 Å². The number of aromatic nitrogens is 3. The first-order chi connectivity index (χ1) is 14.2. The van der Waals surface area contributed by atoms with E-state index in [1.807, 2.05) is 23.1 Å². The summed E-state index contributed by atoms with van der Waals surface area (Å²) in [6.07, 6.45) is 1.53. The Labute approximate surface area is 170 Å². The van der Waals surface area contributed by atoms with Crippen LogP contribution in [0.3, 0.4) is 0 Å². The van der Waals surface area contributed by atoms with Gasteiger partial charge in [0.2, 0.25) is 11.8 Å². The lowest BCUT2D eigenvalue weighted by molar-refractivity contribution is 0.0706. The molecule has 146 valence electrons. The van der Waals surface area contributed by atoms with Crippen LogP contribution in [0.4, 0.5) is 4.39 Å². The van der Waals surface area contributed by atoms with E-state index in [1.165, 1.54) is 23.5 Å². The van der Waals surface area contributed by atoms with Crippen LogP contribution in [-0.2, 0) is 0 Å². The van der Waals surface area contributed by atoms with E-state index in [0.717, 1.165) is 23.1 Å². The Balaban J connectivity index is 1.25. The van der Waals surface area contributed by atoms with Crippen LogP contribution in [0.5, 0.6) is 0 Å².